The number of hydrogen-bond donors (Lipinski definition) is 1. The smallest absolute Gasteiger partial charge is 0.0184 e. The van der Waals surface area contributed by atoms with Gasteiger partial charge in [-0.05, 0) is 32.6 Å². The zero-order valence-corrected chi connectivity index (χ0v) is 7.53. The summed E-state index contributed by atoms with van der Waals surface area (Å²) < 4.78 is 0. The van der Waals surface area contributed by atoms with Gasteiger partial charge >= 0.3 is 0 Å². The molecule has 1 atom stereocenters. The van der Waals surface area contributed by atoms with Gasteiger partial charge in [-0.15, -0.1) is 0 Å². The molecule has 11 heavy (non-hydrogen) atoms. The summed E-state index contributed by atoms with van der Waals surface area (Å²) >= 11 is 0. The molecule has 1 saturated carbocycles. The van der Waals surface area contributed by atoms with Crippen molar-refractivity contribution in [2.45, 2.75) is 63.5 Å². The molecular weight excluding hydrogens is 134 g/mol. The fourth-order valence-electron chi connectivity index (χ4n) is 2.78. The Labute approximate surface area is 69.6 Å². The second kappa shape index (κ2) is 2.78. The van der Waals surface area contributed by atoms with Gasteiger partial charge in [-0.1, -0.05) is 19.3 Å². The lowest BCUT2D eigenvalue weighted by Gasteiger charge is -2.34. The van der Waals surface area contributed by atoms with Crippen molar-refractivity contribution < 1.29 is 0 Å². The van der Waals surface area contributed by atoms with E-state index in [1.807, 2.05) is 0 Å². The van der Waals surface area contributed by atoms with Crippen LogP contribution < -0.4 is 5.32 Å². The van der Waals surface area contributed by atoms with E-state index >= 15 is 0 Å². The lowest BCUT2D eigenvalue weighted by molar-refractivity contribution is 0.256. The largest absolute Gasteiger partial charge is 0.309 e. The summed E-state index contributed by atoms with van der Waals surface area (Å²) in [7, 11) is 0. The first kappa shape index (κ1) is 7.60. The van der Waals surface area contributed by atoms with Gasteiger partial charge in [-0.2, -0.15) is 0 Å². The average Bonchev–Trinajstić information content (AvgIpc) is 2.34. The van der Waals surface area contributed by atoms with Crippen molar-refractivity contribution >= 4 is 0 Å². The molecule has 0 radical (unpaired) electrons. The summed E-state index contributed by atoms with van der Waals surface area (Å²) in [5.74, 6) is 0. The highest BCUT2D eigenvalue weighted by atomic mass is 15.0. The van der Waals surface area contributed by atoms with Crippen molar-refractivity contribution in [2.24, 2.45) is 0 Å². The molecule has 1 heterocycles. The molecule has 1 spiro atoms. The quantitative estimate of drug-likeness (QED) is 0.563. The molecule has 1 N–H and O–H groups in total. The lowest BCUT2D eigenvalue weighted by Crippen LogP contribution is -2.43. The Hall–Kier alpha value is -0.0400. The van der Waals surface area contributed by atoms with Gasteiger partial charge in [-0.3, -0.25) is 0 Å². The first-order valence-electron chi connectivity index (χ1n) is 5.08. The zero-order valence-electron chi connectivity index (χ0n) is 7.53. The van der Waals surface area contributed by atoms with E-state index in [-0.39, 0.29) is 0 Å². The molecule has 1 unspecified atom stereocenters. The molecule has 0 aromatic rings. The maximum absolute atomic E-state index is 3.77. The monoisotopic (exact) mass is 153 g/mol. The van der Waals surface area contributed by atoms with Crippen LogP contribution in [-0.2, 0) is 0 Å². The molecule has 2 rings (SSSR count). The van der Waals surface area contributed by atoms with E-state index in [1.54, 1.807) is 0 Å². The third-order valence-corrected chi connectivity index (χ3v) is 3.42. The molecule has 0 bridgehead atoms. The van der Waals surface area contributed by atoms with Gasteiger partial charge in [0.15, 0.2) is 0 Å². The highest BCUT2D eigenvalue weighted by Gasteiger charge is 2.37. The molecule has 2 aliphatic rings. The van der Waals surface area contributed by atoms with E-state index in [0.717, 1.165) is 6.04 Å². The minimum atomic E-state index is 0.595. The Morgan fingerprint density at radius 1 is 1.09 bits per heavy atom. The van der Waals surface area contributed by atoms with Crippen LogP contribution in [0.15, 0.2) is 0 Å². The highest BCUT2D eigenvalue weighted by molar-refractivity contribution is 4.97. The van der Waals surface area contributed by atoms with Gasteiger partial charge in [0.05, 0.1) is 0 Å². The fraction of sp³-hybridized carbons (Fsp3) is 1.00. The third-order valence-electron chi connectivity index (χ3n) is 3.42. The maximum atomic E-state index is 3.77. The summed E-state index contributed by atoms with van der Waals surface area (Å²) in [5.41, 5.74) is 0.595. The molecule has 1 heteroatoms. The molecule has 2 fully saturated rings. The lowest BCUT2D eigenvalue weighted by atomic mass is 9.81. The van der Waals surface area contributed by atoms with Crippen LogP contribution in [0, 0.1) is 0 Å². The summed E-state index contributed by atoms with van der Waals surface area (Å²) in [6, 6.07) is 0.785. The molecule has 1 aliphatic heterocycles. The van der Waals surface area contributed by atoms with Gasteiger partial charge in [-0.25, -0.2) is 0 Å². The van der Waals surface area contributed by atoms with Crippen LogP contribution in [0.25, 0.3) is 0 Å². The minimum Gasteiger partial charge on any atom is -0.309 e. The summed E-state index contributed by atoms with van der Waals surface area (Å²) in [5, 5.41) is 3.77. The standard InChI is InChI=1S/C10H19N/c1-9-5-8-10(11-9)6-3-2-4-7-10/h9,11H,2-8H2,1H3. The Kier molecular flexibility index (Phi) is 1.92. The third kappa shape index (κ3) is 1.44. The normalized spacial score (nSPS) is 36.3. The first-order valence-corrected chi connectivity index (χ1v) is 5.08. The van der Waals surface area contributed by atoms with E-state index in [2.05, 4.69) is 12.2 Å². The number of nitrogens with one attached hydrogen (secondary N) is 1. The van der Waals surface area contributed by atoms with Gasteiger partial charge in [0.1, 0.15) is 0 Å². The molecule has 1 nitrogen and oxygen atoms in total. The Morgan fingerprint density at radius 3 is 2.36 bits per heavy atom. The van der Waals surface area contributed by atoms with Crippen LogP contribution in [0.2, 0.25) is 0 Å². The van der Waals surface area contributed by atoms with Gasteiger partial charge < -0.3 is 5.32 Å². The second-order valence-corrected chi connectivity index (χ2v) is 4.43. The van der Waals surface area contributed by atoms with Gasteiger partial charge in [0, 0.05) is 11.6 Å². The topological polar surface area (TPSA) is 12.0 Å². The van der Waals surface area contributed by atoms with E-state index in [9.17, 15) is 0 Å². The van der Waals surface area contributed by atoms with Crippen molar-refractivity contribution in [3.63, 3.8) is 0 Å². The van der Waals surface area contributed by atoms with E-state index < -0.39 is 0 Å². The van der Waals surface area contributed by atoms with E-state index in [0.29, 0.717) is 5.54 Å². The van der Waals surface area contributed by atoms with Crippen LogP contribution in [0.4, 0.5) is 0 Å². The average molecular weight is 153 g/mol. The van der Waals surface area contributed by atoms with Crippen molar-refractivity contribution in [3.8, 4) is 0 Å². The minimum absolute atomic E-state index is 0.595. The van der Waals surface area contributed by atoms with Crippen LogP contribution in [0.3, 0.4) is 0 Å². The Balaban J connectivity index is 1.98. The van der Waals surface area contributed by atoms with Gasteiger partial charge in [0.25, 0.3) is 0 Å². The van der Waals surface area contributed by atoms with Crippen molar-refractivity contribution in [1.82, 2.24) is 5.32 Å². The van der Waals surface area contributed by atoms with Crippen molar-refractivity contribution in [3.05, 3.63) is 0 Å². The predicted molar refractivity (Wildman–Crippen MR) is 47.6 cm³/mol. The van der Waals surface area contributed by atoms with Crippen LogP contribution in [0.5, 0.6) is 0 Å². The maximum Gasteiger partial charge on any atom is 0.0184 e. The van der Waals surface area contributed by atoms with Crippen molar-refractivity contribution in [1.29, 1.82) is 0 Å². The molecule has 1 aliphatic carbocycles. The molecule has 1 saturated heterocycles. The summed E-state index contributed by atoms with van der Waals surface area (Å²) in [4.78, 5) is 0. The molecule has 64 valence electrons. The van der Waals surface area contributed by atoms with Crippen LogP contribution in [-0.4, -0.2) is 11.6 Å². The number of hydrogen-bond acceptors (Lipinski definition) is 1. The van der Waals surface area contributed by atoms with E-state index in [4.69, 9.17) is 0 Å². The highest BCUT2D eigenvalue weighted by Crippen LogP contribution is 2.36. The first-order chi connectivity index (χ1) is 5.31. The Bertz CT molecular complexity index is 130. The Morgan fingerprint density at radius 2 is 1.82 bits per heavy atom. The molecular formula is C10H19N. The SMILES string of the molecule is CC1CCC2(CCCCC2)N1. The predicted octanol–water partition coefficient (Wildman–Crippen LogP) is 2.46. The van der Waals surface area contributed by atoms with Crippen molar-refractivity contribution in [2.75, 3.05) is 0 Å². The van der Waals surface area contributed by atoms with Crippen LogP contribution >= 0.6 is 0 Å². The molecule has 0 aromatic heterocycles. The zero-order chi connectivity index (χ0) is 7.73. The van der Waals surface area contributed by atoms with Crippen LogP contribution in [0.1, 0.15) is 51.9 Å². The number of rotatable bonds is 0. The molecule has 0 amide bonds. The fourth-order valence-corrected chi connectivity index (χ4v) is 2.78. The summed E-state index contributed by atoms with van der Waals surface area (Å²) in [6.45, 7) is 2.32. The second-order valence-electron chi connectivity index (χ2n) is 4.43. The van der Waals surface area contributed by atoms with Gasteiger partial charge in [0.2, 0.25) is 0 Å². The molecule has 0 aromatic carbocycles. The summed E-state index contributed by atoms with van der Waals surface area (Å²) in [6.07, 6.45) is 10.1. The van der Waals surface area contributed by atoms with E-state index in [1.165, 1.54) is 44.9 Å².